The number of fused-ring (bicyclic) bond motifs is 1. The predicted molar refractivity (Wildman–Crippen MR) is 83.4 cm³/mol. The van der Waals surface area contributed by atoms with Gasteiger partial charge in [-0.05, 0) is 36.2 Å². The second-order valence-electron chi connectivity index (χ2n) is 5.39. The zero-order valence-electron chi connectivity index (χ0n) is 12.5. The van der Waals surface area contributed by atoms with Gasteiger partial charge in [-0.2, -0.15) is 8.78 Å². The highest BCUT2D eigenvalue weighted by Crippen LogP contribution is 2.40. The first-order chi connectivity index (χ1) is 11.7. The maximum Gasteiger partial charge on any atom is 0.341 e. The molecule has 0 bridgehead atoms. The molecule has 25 heavy (non-hydrogen) atoms. The van der Waals surface area contributed by atoms with E-state index in [1.54, 1.807) is 6.07 Å². The normalized spacial score (nSPS) is 14.0. The van der Waals surface area contributed by atoms with E-state index >= 15 is 0 Å². The van der Waals surface area contributed by atoms with Crippen LogP contribution in [0.15, 0.2) is 41.3 Å². The number of nitro groups is 1. The van der Waals surface area contributed by atoms with Gasteiger partial charge in [-0.25, -0.2) is 12.8 Å². The second kappa shape index (κ2) is 6.03. The molecule has 0 aromatic heterocycles. The SMILES string of the molecule is O=[N+]([O-])c1cc(S(=O)(=O)C(F)F)ccc1N1CCc2ccc(F)cc21. The summed E-state index contributed by atoms with van der Waals surface area (Å²) in [5, 5.41) is 11.3. The highest BCUT2D eigenvalue weighted by molar-refractivity contribution is 7.91. The van der Waals surface area contributed by atoms with Crippen molar-refractivity contribution >= 4 is 26.9 Å². The van der Waals surface area contributed by atoms with Crippen LogP contribution in [-0.2, 0) is 16.3 Å². The van der Waals surface area contributed by atoms with Crippen LogP contribution in [-0.4, -0.2) is 25.6 Å². The Hall–Kier alpha value is -2.62. The molecule has 0 atom stereocenters. The Balaban J connectivity index is 2.13. The van der Waals surface area contributed by atoms with Crippen molar-refractivity contribution in [2.75, 3.05) is 11.4 Å². The molecule has 3 rings (SSSR count). The molecule has 0 aliphatic carbocycles. The van der Waals surface area contributed by atoms with E-state index in [0.29, 0.717) is 24.7 Å². The van der Waals surface area contributed by atoms with Crippen molar-refractivity contribution in [3.8, 4) is 0 Å². The Morgan fingerprint density at radius 2 is 1.84 bits per heavy atom. The van der Waals surface area contributed by atoms with Crippen LogP contribution in [0.4, 0.5) is 30.2 Å². The fourth-order valence-corrected chi connectivity index (χ4v) is 3.50. The van der Waals surface area contributed by atoms with Crippen molar-refractivity contribution in [3.63, 3.8) is 0 Å². The number of hydrogen-bond acceptors (Lipinski definition) is 5. The van der Waals surface area contributed by atoms with Gasteiger partial charge in [0.1, 0.15) is 11.5 Å². The summed E-state index contributed by atoms with van der Waals surface area (Å²) in [6.45, 7) is 0.320. The smallest absolute Gasteiger partial charge is 0.335 e. The third-order valence-corrected chi connectivity index (χ3v) is 5.32. The van der Waals surface area contributed by atoms with Crippen LogP contribution in [0, 0.1) is 15.9 Å². The third kappa shape index (κ3) is 2.93. The lowest BCUT2D eigenvalue weighted by atomic mass is 10.1. The van der Waals surface area contributed by atoms with Crippen LogP contribution in [0.5, 0.6) is 0 Å². The Kier molecular flexibility index (Phi) is 4.15. The van der Waals surface area contributed by atoms with Gasteiger partial charge in [0, 0.05) is 18.3 Å². The highest BCUT2D eigenvalue weighted by atomic mass is 32.2. The number of hydrogen-bond donors (Lipinski definition) is 0. The number of nitrogens with zero attached hydrogens (tertiary/aromatic N) is 2. The van der Waals surface area contributed by atoms with Gasteiger partial charge in [0.25, 0.3) is 5.69 Å². The summed E-state index contributed by atoms with van der Waals surface area (Å²) in [5.41, 5.74) is 0.578. The van der Waals surface area contributed by atoms with E-state index < -0.39 is 36.9 Å². The van der Waals surface area contributed by atoms with Crippen molar-refractivity contribution in [1.82, 2.24) is 0 Å². The fraction of sp³-hybridized carbons (Fsp3) is 0.200. The van der Waals surface area contributed by atoms with E-state index in [4.69, 9.17) is 0 Å². The van der Waals surface area contributed by atoms with Crippen LogP contribution in [0.1, 0.15) is 5.56 Å². The summed E-state index contributed by atoms with van der Waals surface area (Å²) in [6.07, 6.45) is 0.518. The molecule has 132 valence electrons. The number of sulfone groups is 1. The quantitative estimate of drug-likeness (QED) is 0.607. The molecule has 1 heterocycles. The lowest BCUT2D eigenvalue weighted by molar-refractivity contribution is -0.384. The van der Waals surface area contributed by atoms with Gasteiger partial charge in [0.2, 0.25) is 9.84 Å². The number of nitro benzene ring substituents is 1. The molecular weight excluding hydrogens is 361 g/mol. The first-order valence-corrected chi connectivity index (χ1v) is 8.63. The Morgan fingerprint density at radius 3 is 2.48 bits per heavy atom. The van der Waals surface area contributed by atoms with Crippen molar-refractivity contribution in [2.45, 2.75) is 17.1 Å². The summed E-state index contributed by atoms with van der Waals surface area (Å²) >= 11 is 0. The van der Waals surface area contributed by atoms with Crippen molar-refractivity contribution in [2.24, 2.45) is 0 Å². The van der Waals surface area contributed by atoms with Crippen LogP contribution < -0.4 is 4.90 Å². The maximum absolute atomic E-state index is 13.5. The molecule has 1 aliphatic heterocycles. The van der Waals surface area contributed by atoms with Gasteiger partial charge >= 0.3 is 5.76 Å². The van der Waals surface area contributed by atoms with Crippen LogP contribution in [0.3, 0.4) is 0 Å². The number of alkyl halides is 2. The molecule has 6 nitrogen and oxygen atoms in total. The monoisotopic (exact) mass is 372 g/mol. The van der Waals surface area contributed by atoms with E-state index in [1.165, 1.54) is 17.0 Å². The zero-order chi connectivity index (χ0) is 18.4. The van der Waals surface area contributed by atoms with Gasteiger partial charge in [-0.3, -0.25) is 10.1 Å². The number of halogens is 3. The number of anilines is 2. The molecule has 1 aliphatic rings. The van der Waals surface area contributed by atoms with Gasteiger partial charge in [-0.15, -0.1) is 0 Å². The molecule has 0 N–H and O–H groups in total. The molecule has 10 heteroatoms. The Morgan fingerprint density at radius 1 is 1.12 bits per heavy atom. The maximum atomic E-state index is 13.5. The molecule has 0 amide bonds. The largest absolute Gasteiger partial charge is 0.341 e. The molecule has 0 saturated carbocycles. The topological polar surface area (TPSA) is 80.5 Å². The molecule has 0 spiro atoms. The molecule has 0 saturated heterocycles. The first kappa shape index (κ1) is 17.2. The lowest BCUT2D eigenvalue weighted by Crippen LogP contribution is -2.16. The Bertz CT molecular complexity index is 963. The van der Waals surface area contributed by atoms with Crippen molar-refractivity contribution < 1.29 is 26.5 Å². The van der Waals surface area contributed by atoms with E-state index in [0.717, 1.165) is 17.7 Å². The summed E-state index contributed by atoms with van der Waals surface area (Å²) in [4.78, 5) is 11.1. The van der Waals surface area contributed by atoms with E-state index in [2.05, 4.69) is 0 Å². The van der Waals surface area contributed by atoms with E-state index in [9.17, 15) is 31.7 Å². The van der Waals surface area contributed by atoms with E-state index in [1.807, 2.05) is 0 Å². The standard InChI is InChI=1S/C15H11F3N2O4S/c16-10-2-1-9-5-6-19(13(9)7-10)12-4-3-11(8-14(12)20(21)22)25(23,24)15(17)18/h1-4,7-8,15H,5-6H2. The van der Waals surface area contributed by atoms with Crippen molar-refractivity contribution in [3.05, 3.63) is 57.9 Å². The first-order valence-electron chi connectivity index (χ1n) is 7.08. The predicted octanol–water partition coefficient (Wildman–Crippen LogP) is 3.42. The summed E-state index contributed by atoms with van der Waals surface area (Å²) in [5.74, 6) is -4.20. The highest BCUT2D eigenvalue weighted by Gasteiger charge is 2.32. The lowest BCUT2D eigenvalue weighted by Gasteiger charge is -2.20. The zero-order valence-corrected chi connectivity index (χ0v) is 13.3. The summed E-state index contributed by atoms with van der Waals surface area (Å²) < 4.78 is 61.9. The summed E-state index contributed by atoms with van der Waals surface area (Å²) in [6, 6.07) is 6.64. The summed E-state index contributed by atoms with van der Waals surface area (Å²) in [7, 11) is -4.96. The van der Waals surface area contributed by atoms with Gasteiger partial charge in [0.15, 0.2) is 0 Å². The molecule has 0 radical (unpaired) electrons. The number of rotatable bonds is 4. The molecular formula is C15H11F3N2O4S. The fourth-order valence-electron chi connectivity index (χ4n) is 2.76. The van der Waals surface area contributed by atoms with E-state index in [-0.39, 0.29) is 5.69 Å². The average Bonchev–Trinajstić information content (AvgIpc) is 2.96. The minimum absolute atomic E-state index is 0.0163. The molecule has 0 fully saturated rings. The average molecular weight is 372 g/mol. The van der Waals surface area contributed by atoms with Gasteiger partial charge < -0.3 is 4.90 Å². The van der Waals surface area contributed by atoms with Gasteiger partial charge in [0.05, 0.1) is 9.82 Å². The minimum Gasteiger partial charge on any atom is -0.335 e. The molecule has 2 aromatic rings. The Labute approximate surface area is 140 Å². The van der Waals surface area contributed by atoms with Crippen molar-refractivity contribution in [1.29, 1.82) is 0 Å². The van der Waals surface area contributed by atoms with Crippen LogP contribution in [0.25, 0.3) is 0 Å². The van der Waals surface area contributed by atoms with Gasteiger partial charge in [-0.1, -0.05) is 6.07 Å². The third-order valence-electron chi connectivity index (χ3n) is 3.94. The number of benzene rings is 2. The second-order valence-corrected chi connectivity index (χ2v) is 7.31. The van der Waals surface area contributed by atoms with Crippen LogP contribution >= 0.6 is 0 Å². The molecule has 2 aromatic carbocycles. The van der Waals surface area contributed by atoms with Crippen LogP contribution in [0.2, 0.25) is 0 Å². The molecule has 0 unspecified atom stereocenters. The minimum atomic E-state index is -4.96.